The zero-order chi connectivity index (χ0) is 35.6. The number of ether oxygens (including phenoxy) is 1. The van der Waals surface area contributed by atoms with Gasteiger partial charge in [0.25, 0.3) is 17.4 Å². The Morgan fingerprint density at radius 3 is 2.61 bits per heavy atom. The van der Waals surface area contributed by atoms with Gasteiger partial charge in [-0.3, -0.25) is 14.5 Å². The number of benzene rings is 1. The van der Waals surface area contributed by atoms with E-state index >= 15 is 4.39 Å². The minimum absolute atomic E-state index is 0.111. The van der Waals surface area contributed by atoms with Gasteiger partial charge in [-0.15, -0.1) is 0 Å². The van der Waals surface area contributed by atoms with Crippen molar-refractivity contribution in [2.45, 2.75) is 57.3 Å². The highest BCUT2D eigenvalue weighted by Crippen LogP contribution is 2.39. The number of hydrogen-bond donors (Lipinski definition) is 2. The van der Waals surface area contributed by atoms with Crippen molar-refractivity contribution in [3.05, 3.63) is 87.5 Å². The van der Waals surface area contributed by atoms with E-state index in [1.807, 2.05) is 12.1 Å². The number of aliphatic hydroxyl groups excluding tert-OH is 1. The summed E-state index contributed by atoms with van der Waals surface area (Å²) in [6.45, 7) is 6.38. The summed E-state index contributed by atoms with van der Waals surface area (Å²) in [6, 6.07) is 10.3. The molecule has 1 amide bonds. The smallest absolute Gasteiger partial charge is 0.274 e. The van der Waals surface area contributed by atoms with E-state index in [1.54, 1.807) is 36.1 Å². The highest BCUT2D eigenvalue weighted by Gasteiger charge is 2.40. The van der Waals surface area contributed by atoms with E-state index < -0.39 is 30.7 Å². The summed E-state index contributed by atoms with van der Waals surface area (Å²) in [6.07, 6.45) is 2.83. The number of carbonyl (C=O) groups is 1. The first kappa shape index (κ1) is 33.5. The van der Waals surface area contributed by atoms with E-state index in [4.69, 9.17) is 4.74 Å². The Bertz CT molecular complexity index is 2060. The summed E-state index contributed by atoms with van der Waals surface area (Å²) >= 11 is 0. The zero-order valence-electron chi connectivity index (χ0n) is 28.5. The molecule has 0 radical (unpaired) electrons. The van der Waals surface area contributed by atoms with Crippen molar-refractivity contribution in [2.75, 3.05) is 54.5 Å². The number of pyridine rings is 2. The van der Waals surface area contributed by atoms with Gasteiger partial charge in [0, 0.05) is 75.3 Å². The van der Waals surface area contributed by atoms with E-state index in [0.717, 1.165) is 44.1 Å². The van der Waals surface area contributed by atoms with Gasteiger partial charge in [0.15, 0.2) is 0 Å². The summed E-state index contributed by atoms with van der Waals surface area (Å²) in [5, 5.41) is 13.8. The van der Waals surface area contributed by atoms with Gasteiger partial charge < -0.3 is 34.1 Å². The molecule has 0 saturated carbocycles. The van der Waals surface area contributed by atoms with Gasteiger partial charge >= 0.3 is 0 Å². The second-order valence-corrected chi connectivity index (χ2v) is 14.1. The lowest BCUT2D eigenvalue weighted by Crippen LogP contribution is -2.59. The third-order valence-corrected chi connectivity index (χ3v) is 10.8. The molecule has 4 aliphatic rings. The highest BCUT2D eigenvalue weighted by molar-refractivity contribution is 6.07. The van der Waals surface area contributed by atoms with Crippen molar-refractivity contribution >= 4 is 28.8 Å². The Kier molecular flexibility index (Phi) is 8.43. The largest absolute Gasteiger partial charge is 0.392 e. The summed E-state index contributed by atoms with van der Waals surface area (Å²) in [4.78, 5) is 37.9. The number of halogens is 3. The number of amides is 1. The number of nitrogens with one attached hydrogen (secondary N) is 1. The molecule has 4 aromatic rings. The maximum absolute atomic E-state index is 15.4. The molecule has 0 bridgehead atoms. The number of aliphatic hydroxyl groups is 1. The van der Waals surface area contributed by atoms with Crippen molar-refractivity contribution in [3.63, 3.8) is 0 Å². The molecular formula is C37H40F3N7O4. The predicted molar refractivity (Wildman–Crippen MR) is 187 cm³/mol. The average Bonchev–Trinajstić information content (AvgIpc) is 3.44. The predicted octanol–water partition coefficient (Wildman–Crippen LogP) is 4.32. The van der Waals surface area contributed by atoms with Crippen LogP contribution in [0.5, 0.6) is 0 Å². The van der Waals surface area contributed by atoms with Crippen LogP contribution in [0.15, 0.2) is 53.6 Å². The number of rotatable bonds is 7. The SMILES string of the molecule is C[C@H]1CN(C2COC2)CCN1c1ccc(Nc2cc(-c3cc(F)cc(N4CCn5c(cc6c5CC(F)(F)CC6)C4=O)c3CO)cn(C)c2=O)nc1. The molecule has 1 aromatic carbocycles. The van der Waals surface area contributed by atoms with Crippen molar-refractivity contribution in [3.8, 4) is 11.1 Å². The molecule has 11 nitrogen and oxygen atoms in total. The molecule has 51 heavy (non-hydrogen) atoms. The number of fused-ring (bicyclic) bond motifs is 3. The van der Waals surface area contributed by atoms with E-state index in [-0.39, 0.29) is 48.6 Å². The van der Waals surface area contributed by atoms with Crippen LogP contribution >= 0.6 is 0 Å². The molecule has 1 atom stereocenters. The molecule has 0 unspecified atom stereocenters. The Hall–Kier alpha value is -4.66. The van der Waals surface area contributed by atoms with Crippen LogP contribution in [-0.4, -0.2) is 87.4 Å². The van der Waals surface area contributed by atoms with Gasteiger partial charge in [0.05, 0.1) is 49.9 Å². The fourth-order valence-electron chi connectivity index (χ4n) is 7.96. The molecular weight excluding hydrogens is 663 g/mol. The average molecular weight is 704 g/mol. The lowest BCUT2D eigenvalue weighted by molar-refractivity contribution is -0.0691. The van der Waals surface area contributed by atoms with Gasteiger partial charge in [-0.25, -0.2) is 18.2 Å². The molecule has 2 saturated heterocycles. The second kappa shape index (κ2) is 12.8. The molecule has 3 aliphatic heterocycles. The lowest BCUT2D eigenvalue weighted by atomic mass is 9.94. The minimum atomic E-state index is -2.83. The van der Waals surface area contributed by atoms with E-state index in [0.29, 0.717) is 40.3 Å². The number of hydrogen-bond acceptors (Lipinski definition) is 8. The first-order valence-electron chi connectivity index (χ1n) is 17.4. The molecule has 268 valence electrons. The number of aryl methyl sites for hydroxylation is 2. The molecule has 8 rings (SSSR count). The molecule has 6 heterocycles. The standard InChI is InChI=1S/C37H40F3N7O4/c1-22-17-44(27-20-51-21-27)7-8-45(22)26-3-4-34(41-16-26)42-30-11-24(18-43(2)35(30)49)28-13-25(38)14-31(29(28)19-48)47-10-9-46-32(36(47)50)12-23-5-6-37(39,40)15-33(23)46/h3-4,11-14,16,18,22,27,48H,5-10,15,17,19-21H2,1-2H3,(H,41,42)/t22-/m0/s1. The van der Waals surface area contributed by atoms with Crippen molar-refractivity contribution in [1.29, 1.82) is 0 Å². The Morgan fingerprint density at radius 1 is 1.08 bits per heavy atom. The summed E-state index contributed by atoms with van der Waals surface area (Å²) < 4.78 is 52.3. The van der Waals surface area contributed by atoms with Crippen molar-refractivity contribution < 1.29 is 27.8 Å². The number of anilines is 4. The molecule has 2 N–H and O–H groups in total. The fourth-order valence-corrected chi connectivity index (χ4v) is 7.96. The maximum Gasteiger partial charge on any atom is 0.274 e. The van der Waals surface area contributed by atoms with Crippen molar-refractivity contribution in [1.82, 2.24) is 19.0 Å². The van der Waals surface area contributed by atoms with Gasteiger partial charge in [-0.1, -0.05) is 0 Å². The quantitative estimate of drug-likeness (QED) is 0.293. The molecule has 14 heteroatoms. The van der Waals surface area contributed by atoms with Gasteiger partial charge in [-0.05, 0) is 60.9 Å². The summed E-state index contributed by atoms with van der Waals surface area (Å²) in [7, 11) is 1.58. The van der Waals surface area contributed by atoms with Crippen LogP contribution < -0.4 is 20.7 Å². The molecule has 3 aromatic heterocycles. The van der Waals surface area contributed by atoms with Crippen LogP contribution in [0.3, 0.4) is 0 Å². The van der Waals surface area contributed by atoms with E-state index in [9.17, 15) is 23.5 Å². The Labute approximate surface area is 292 Å². The second-order valence-electron chi connectivity index (χ2n) is 14.1. The van der Waals surface area contributed by atoms with Gasteiger partial charge in [0.2, 0.25) is 0 Å². The van der Waals surface area contributed by atoms with E-state index in [1.165, 1.54) is 21.6 Å². The van der Waals surface area contributed by atoms with Crippen molar-refractivity contribution in [2.24, 2.45) is 7.05 Å². The number of alkyl halides is 2. The molecule has 1 aliphatic carbocycles. The van der Waals surface area contributed by atoms with Crippen LogP contribution in [0.1, 0.15) is 40.7 Å². The number of nitrogens with zero attached hydrogens (tertiary/aromatic N) is 6. The third kappa shape index (κ3) is 6.08. The first-order chi connectivity index (χ1) is 24.5. The zero-order valence-corrected chi connectivity index (χ0v) is 28.5. The van der Waals surface area contributed by atoms with Gasteiger partial charge in [0.1, 0.15) is 23.0 Å². The van der Waals surface area contributed by atoms with E-state index in [2.05, 4.69) is 27.0 Å². The van der Waals surface area contributed by atoms with Gasteiger partial charge in [-0.2, -0.15) is 0 Å². The summed E-state index contributed by atoms with van der Waals surface area (Å²) in [5.41, 5.74) is 3.55. The minimum Gasteiger partial charge on any atom is -0.392 e. The van der Waals surface area contributed by atoms with Crippen LogP contribution in [0, 0.1) is 5.82 Å². The van der Waals surface area contributed by atoms with Crippen LogP contribution in [0.4, 0.5) is 36.1 Å². The Balaban J connectivity index is 1.06. The topological polar surface area (TPSA) is 108 Å². The Morgan fingerprint density at radius 2 is 1.90 bits per heavy atom. The number of carbonyl (C=O) groups excluding carboxylic acids is 1. The monoisotopic (exact) mass is 703 g/mol. The third-order valence-electron chi connectivity index (χ3n) is 10.8. The molecule has 2 fully saturated rings. The van der Waals surface area contributed by atoms with Crippen LogP contribution in [-0.2, 0) is 37.8 Å². The van der Waals surface area contributed by atoms with Crippen LogP contribution in [0.25, 0.3) is 11.1 Å². The lowest BCUT2D eigenvalue weighted by Gasteiger charge is -2.46. The number of piperazine rings is 1. The summed E-state index contributed by atoms with van der Waals surface area (Å²) in [5.74, 6) is -3.46. The maximum atomic E-state index is 15.4. The highest BCUT2D eigenvalue weighted by atomic mass is 19.3. The van der Waals surface area contributed by atoms with Crippen LogP contribution in [0.2, 0.25) is 0 Å². The number of aromatic nitrogens is 3. The normalized spacial score (nSPS) is 20.6. The fraction of sp³-hybridized carbons (Fsp3) is 0.432. The molecule has 0 spiro atoms. The first-order valence-corrected chi connectivity index (χ1v) is 17.4.